The minimum absolute atomic E-state index is 0.182. The Hall–Kier alpha value is -1.04. The lowest BCUT2D eigenvalue weighted by Crippen LogP contribution is -2.01. The number of hydrogen-bond donors (Lipinski definition) is 1. The van der Waals surface area contributed by atoms with Crippen molar-refractivity contribution in [2.75, 3.05) is 12.9 Å². The molecule has 2 nitrogen and oxygen atoms in total. The first-order valence-corrected chi connectivity index (χ1v) is 7.78. The van der Waals surface area contributed by atoms with E-state index in [2.05, 4.69) is 15.9 Å². The summed E-state index contributed by atoms with van der Waals surface area (Å²) in [6.07, 6.45) is -0.718. The number of hydrogen-bond acceptors (Lipinski definition) is 3. The largest absolute Gasteiger partial charge is 0.494 e. The van der Waals surface area contributed by atoms with Crippen LogP contribution in [0.4, 0.5) is 4.39 Å². The molecule has 5 heteroatoms. The Morgan fingerprint density at radius 2 is 1.95 bits per heavy atom. The number of methoxy groups -OCH3 is 1. The lowest BCUT2D eigenvalue weighted by molar-refractivity contribution is 0.203. The van der Waals surface area contributed by atoms with Gasteiger partial charge < -0.3 is 9.84 Å². The van der Waals surface area contributed by atoms with Crippen LogP contribution in [0.15, 0.2) is 51.8 Å². The normalized spacial score (nSPS) is 12.2. The van der Waals surface area contributed by atoms with Gasteiger partial charge in [-0.3, -0.25) is 0 Å². The summed E-state index contributed by atoms with van der Waals surface area (Å²) in [5.74, 6) is 0.187. The third kappa shape index (κ3) is 3.98. The maximum atomic E-state index is 13.6. The third-order valence-electron chi connectivity index (χ3n) is 2.78. The number of ether oxygens (including phenoxy) is 1. The minimum atomic E-state index is -0.718. The second kappa shape index (κ2) is 7.11. The standard InChI is InChI=1S/C15H14BrFO2S/c1-19-15-7-2-10(8-13(15)17)14(18)9-20-12-5-3-11(16)4-6-12/h2-8,14,18H,9H2,1H3. The second-order valence-electron chi connectivity index (χ2n) is 4.17. The smallest absolute Gasteiger partial charge is 0.165 e. The van der Waals surface area contributed by atoms with E-state index >= 15 is 0 Å². The Kier molecular flexibility index (Phi) is 5.46. The highest BCUT2D eigenvalue weighted by molar-refractivity contribution is 9.10. The maximum Gasteiger partial charge on any atom is 0.165 e. The number of aliphatic hydroxyl groups is 1. The first kappa shape index (κ1) is 15.4. The molecule has 0 saturated carbocycles. The van der Waals surface area contributed by atoms with E-state index < -0.39 is 11.9 Å². The summed E-state index contributed by atoms with van der Waals surface area (Å²) < 4.78 is 19.4. The predicted molar refractivity (Wildman–Crippen MR) is 82.8 cm³/mol. The van der Waals surface area contributed by atoms with Crippen LogP contribution in [0, 0.1) is 5.82 Å². The van der Waals surface area contributed by atoms with Crippen LogP contribution < -0.4 is 4.74 Å². The molecule has 1 N–H and O–H groups in total. The third-order valence-corrected chi connectivity index (χ3v) is 4.40. The van der Waals surface area contributed by atoms with E-state index in [1.54, 1.807) is 6.07 Å². The molecule has 1 unspecified atom stereocenters. The molecule has 0 fully saturated rings. The lowest BCUT2D eigenvalue weighted by atomic mass is 10.1. The molecule has 0 amide bonds. The van der Waals surface area contributed by atoms with Crippen molar-refractivity contribution in [2.45, 2.75) is 11.0 Å². The first-order valence-electron chi connectivity index (χ1n) is 6.00. The van der Waals surface area contributed by atoms with E-state index in [4.69, 9.17) is 4.74 Å². The molecular weight excluding hydrogens is 343 g/mol. The second-order valence-corrected chi connectivity index (χ2v) is 6.18. The Labute approximate surface area is 130 Å². The molecule has 0 heterocycles. The Morgan fingerprint density at radius 3 is 2.55 bits per heavy atom. The van der Waals surface area contributed by atoms with Crippen LogP contribution in [0.25, 0.3) is 0 Å². The molecule has 1 atom stereocenters. The molecule has 20 heavy (non-hydrogen) atoms. The minimum Gasteiger partial charge on any atom is -0.494 e. The van der Waals surface area contributed by atoms with Gasteiger partial charge in [0.15, 0.2) is 11.6 Å². The summed E-state index contributed by atoms with van der Waals surface area (Å²) in [6.45, 7) is 0. The summed E-state index contributed by atoms with van der Waals surface area (Å²) in [7, 11) is 1.41. The first-order chi connectivity index (χ1) is 9.60. The van der Waals surface area contributed by atoms with Gasteiger partial charge in [0, 0.05) is 15.1 Å². The molecule has 0 radical (unpaired) electrons. The van der Waals surface area contributed by atoms with Gasteiger partial charge in [-0.05, 0) is 42.0 Å². The number of aliphatic hydroxyl groups excluding tert-OH is 1. The van der Waals surface area contributed by atoms with Gasteiger partial charge >= 0.3 is 0 Å². The molecule has 2 aromatic rings. The van der Waals surface area contributed by atoms with Crippen molar-refractivity contribution in [3.63, 3.8) is 0 Å². The molecule has 0 aliphatic heterocycles. The van der Waals surface area contributed by atoms with Gasteiger partial charge in [-0.2, -0.15) is 0 Å². The fourth-order valence-corrected chi connectivity index (χ4v) is 2.83. The van der Waals surface area contributed by atoms with Gasteiger partial charge in [0.25, 0.3) is 0 Å². The molecule has 2 rings (SSSR count). The SMILES string of the molecule is COc1ccc(C(O)CSc2ccc(Br)cc2)cc1F. The summed E-state index contributed by atoms with van der Waals surface area (Å²) in [5, 5.41) is 10.1. The van der Waals surface area contributed by atoms with Gasteiger partial charge in [0.1, 0.15) is 0 Å². The van der Waals surface area contributed by atoms with Gasteiger partial charge in [0.2, 0.25) is 0 Å². The highest BCUT2D eigenvalue weighted by atomic mass is 79.9. The van der Waals surface area contributed by atoms with E-state index in [0.717, 1.165) is 9.37 Å². The monoisotopic (exact) mass is 356 g/mol. The number of thioether (sulfide) groups is 1. The Morgan fingerprint density at radius 1 is 1.25 bits per heavy atom. The maximum absolute atomic E-state index is 13.6. The van der Waals surface area contributed by atoms with Crippen LogP contribution in [-0.2, 0) is 0 Å². The Balaban J connectivity index is 1.99. The van der Waals surface area contributed by atoms with E-state index in [1.165, 1.54) is 31.0 Å². The number of rotatable bonds is 5. The molecule has 2 aromatic carbocycles. The quantitative estimate of drug-likeness (QED) is 0.804. The summed E-state index contributed by atoms with van der Waals surface area (Å²) >= 11 is 4.89. The zero-order valence-corrected chi connectivity index (χ0v) is 13.2. The van der Waals surface area contributed by atoms with Crippen LogP contribution in [0.3, 0.4) is 0 Å². The zero-order chi connectivity index (χ0) is 14.5. The van der Waals surface area contributed by atoms with Crippen LogP contribution in [0.2, 0.25) is 0 Å². The van der Waals surface area contributed by atoms with Gasteiger partial charge in [-0.25, -0.2) is 4.39 Å². The predicted octanol–water partition coefficient (Wildman–Crippen LogP) is 4.42. The number of benzene rings is 2. The van der Waals surface area contributed by atoms with Crippen molar-refractivity contribution >= 4 is 27.7 Å². The number of halogens is 2. The molecule has 0 bridgehead atoms. The fraction of sp³-hybridized carbons (Fsp3) is 0.200. The molecule has 0 aromatic heterocycles. The van der Waals surface area contributed by atoms with Crippen molar-refractivity contribution in [1.29, 1.82) is 0 Å². The highest BCUT2D eigenvalue weighted by Crippen LogP contribution is 2.28. The van der Waals surface area contributed by atoms with E-state index in [-0.39, 0.29) is 5.75 Å². The van der Waals surface area contributed by atoms with Crippen LogP contribution >= 0.6 is 27.7 Å². The molecular formula is C15H14BrFO2S. The molecule has 0 aliphatic carbocycles. The summed E-state index contributed by atoms with van der Waals surface area (Å²) in [5.41, 5.74) is 0.549. The van der Waals surface area contributed by atoms with E-state index in [1.807, 2.05) is 24.3 Å². The van der Waals surface area contributed by atoms with Crippen molar-refractivity contribution in [3.05, 3.63) is 58.3 Å². The van der Waals surface area contributed by atoms with Crippen molar-refractivity contribution in [1.82, 2.24) is 0 Å². The van der Waals surface area contributed by atoms with Gasteiger partial charge in [-0.15, -0.1) is 11.8 Å². The Bertz CT molecular complexity index is 575. The highest BCUT2D eigenvalue weighted by Gasteiger charge is 2.11. The van der Waals surface area contributed by atoms with E-state index in [0.29, 0.717) is 11.3 Å². The molecule has 0 spiro atoms. The summed E-state index contributed by atoms with van der Waals surface area (Å²) in [4.78, 5) is 1.06. The van der Waals surface area contributed by atoms with Crippen LogP contribution in [0.1, 0.15) is 11.7 Å². The fourth-order valence-electron chi connectivity index (χ4n) is 1.69. The van der Waals surface area contributed by atoms with Gasteiger partial charge in [0.05, 0.1) is 13.2 Å². The van der Waals surface area contributed by atoms with Crippen molar-refractivity contribution < 1.29 is 14.2 Å². The van der Waals surface area contributed by atoms with Crippen molar-refractivity contribution in [3.8, 4) is 5.75 Å². The van der Waals surface area contributed by atoms with E-state index in [9.17, 15) is 9.50 Å². The average Bonchev–Trinajstić information content (AvgIpc) is 2.46. The molecule has 0 aliphatic rings. The summed E-state index contributed by atoms with van der Waals surface area (Å²) in [6, 6.07) is 12.3. The topological polar surface area (TPSA) is 29.5 Å². The molecule has 0 saturated heterocycles. The average molecular weight is 357 g/mol. The zero-order valence-electron chi connectivity index (χ0n) is 10.8. The molecule has 106 valence electrons. The van der Waals surface area contributed by atoms with Crippen LogP contribution in [0.5, 0.6) is 5.75 Å². The lowest BCUT2D eigenvalue weighted by Gasteiger charge is -2.12. The van der Waals surface area contributed by atoms with Crippen molar-refractivity contribution in [2.24, 2.45) is 0 Å². The van der Waals surface area contributed by atoms with Crippen LogP contribution in [-0.4, -0.2) is 18.0 Å². The van der Waals surface area contributed by atoms with Gasteiger partial charge in [-0.1, -0.05) is 22.0 Å².